The number of aromatic nitrogens is 4. The molecule has 0 bridgehead atoms. The molecule has 0 aliphatic rings. The zero-order valence-electron chi connectivity index (χ0n) is 24.9. The molecule has 0 saturated heterocycles. The Kier molecular flexibility index (Phi) is 8.90. The van der Waals surface area contributed by atoms with Crippen LogP contribution in [0, 0.1) is 0 Å². The van der Waals surface area contributed by atoms with E-state index in [2.05, 4.69) is 163 Å². The van der Waals surface area contributed by atoms with Gasteiger partial charge in [-0.15, -0.1) is 0 Å². The van der Waals surface area contributed by atoms with Crippen LogP contribution < -0.4 is 0 Å². The van der Waals surface area contributed by atoms with Gasteiger partial charge in [0.05, 0.1) is 11.0 Å². The van der Waals surface area contributed by atoms with E-state index in [1.54, 1.807) is 0 Å². The topological polar surface area (TPSA) is 57.4 Å². The number of H-pyrrole nitrogens is 2. The zero-order chi connectivity index (χ0) is 31.3. The van der Waals surface area contributed by atoms with Gasteiger partial charge in [0.1, 0.15) is 0 Å². The van der Waals surface area contributed by atoms with Crippen molar-refractivity contribution in [2.75, 3.05) is 0 Å². The van der Waals surface area contributed by atoms with Crippen LogP contribution in [0.3, 0.4) is 0 Å². The molecule has 0 aliphatic carbocycles. The third-order valence-corrected chi connectivity index (χ3v) is 9.40. The van der Waals surface area contributed by atoms with E-state index in [0.29, 0.717) is 0 Å². The highest BCUT2D eigenvalue weighted by atomic mass is 79.9. The highest BCUT2D eigenvalue weighted by Crippen LogP contribution is 2.26. The summed E-state index contributed by atoms with van der Waals surface area (Å²) in [6.07, 6.45) is 7.97. The first-order valence-electron chi connectivity index (χ1n) is 15.1. The molecule has 7 rings (SSSR count). The van der Waals surface area contributed by atoms with Crippen LogP contribution in [0.4, 0.5) is 0 Å². The summed E-state index contributed by atoms with van der Waals surface area (Å²) in [5.74, 6) is 0. The van der Waals surface area contributed by atoms with E-state index in [1.807, 2.05) is 24.8 Å². The minimum absolute atomic E-state index is 0.808. The standard InChI is InChI=1S/C40H30Br2N4/c41-21-27-13-17-29(18-14-27)33-23-43-35-9-1-5-31-6-2-10-36(39(31)35)44-25-34(30-19-15-28(22-42)16-20-30)26-46-38-12-4-8-32-7-3-11-37(40(32)38)45-24-33/h1-20,23-26,43,46H,21-22H2. The van der Waals surface area contributed by atoms with E-state index in [9.17, 15) is 0 Å². The number of alkyl halides is 2. The predicted octanol–water partition coefficient (Wildman–Crippen LogP) is 11.7. The maximum Gasteiger partial charge on any atom is 0.0729 e. The molecule has 0 aliphatic heterocycles. The first kappa shape index (κ1) is 29.9. The summed E-state index contributed by atoms with van der Waals surface area (Å²) < 4.78 is 0. The molecule has 0 saturated carbocycles. The molecular weight excluding hydrogens is 696 g/mol. The van der Waals surface area contributed by atoms with Gasteiger partial charge in [0, 0.05) is 68.4 Å². The van der Waals surface area contributed by atoms with Gasteiger partial charge in [0.15, 0.2) is 0 Å². The summed E-state index contributed by atoms with van der Waals surface area (Å²) in [4.78, 5) is 17.4. The second-order valence-corrected chi connectivity index (χ2v) is 12.1. The van der Waals surface area contributed by atoms with Gasteiger partial charge in [0.2, 0.25) is 0 Å². The van der Waals surface area contributed by atoms with Gasteiger partial charge in [0.25, 0.3) is 0 Å². The van der Waals surface area contributed by atoms with E-state index in [4.69, 9.17) is 9.97 Å². The van der Waals surface area contributed by atoms with Gasteiger partial charge in [-0.05, 0) is 57.3 Å². The number of halogens is 2. The summed E-state index contributed by atoms with van der Waals surface area (Å²) in [6.45, 7) is 0. The van der Waals surface area contributed by atoms with Crippen molar-refractivity contribution in [3.05, 3.63) is 157 Å². The number of nitrogens with one attached hydrogen (secondary N) is 2. The summed E-state index contributed by atoms with van der Waals surface area (Å²) >= 11 is 7.14. The number of hydrogen-bond donors (Lipinski definition) is 2. The Labute approximate surface area is 284 Å². The van der Waals surface area contributed by atoms with Gasteiger partial charge in [-0.25, -0.2) is 0 Å². The highest BCUT2D eigenvalue weighted by Gasteiger charge is 2.04. The molecule has 46 heavy (non-hydrogen) atoms. The molecule has 2 N–H and O–H groups in total. The Morgan fingerprint density at radius 1 is 0.435 bits per heavy atom. The SMILES string of the molecule is BrCc1ccc(-c2cnc3cccc4cccc([nH]cc(-c5ccc(CBr)cc5)cnc5cccc6cccc([nH]c2)c65)c43)cc1. The van der Waals surface area contributed by atoms with Crippen molar-refractivity contribution in [1.82, 2.24) is 19.9 Å². The van der Waals surface area contributed by atoms with Crippen LogP contribution in [-0.2, 0) is 10.7 Å². The van der Waals surface area contributed by atoms with Crippen LogP contribution in [0.5, 0.6) is 0 Å². The van der Waals surface area contributed by atoms with E-state index < -0.39 is 0 Å². The van der Waals surface area contributed by atoms with Crippen LogP contribution in [0.25, 0.3) is 65.9 Å². The third-order valence-electron chi connectivity index (χ3n) is 8.10. The van der Waals surface area contributed by atoms with Crippen molar-refractivity contribution < 1.29 is 0 Å². The van der Waals surface area contributed by atoms with Crippen molar-refractivity contribution in [2.45, 2.75) is 10.7 Å². The quantitative estimate of drug-likeness (QED) is 0.177. The Hall–Kier alpha value is -4.78. The summed E-state index contributed by atoms with van der Waals surface area (Å²) in [7, 11) is 0. The molecule has 0 atom stereocenters. The molecule has 0 unspecified atom stereocenters. The molecule has 4 nitrogen and oxygen atoms in total. The van der Waals surface area contributed by atoms with Crippen molar-refractivity contribution in [2.24, 2.45) is 0 Å². The van der Waals surface area contributed by atoms with Gasteiger partial charge in [-0.1, -0.05) is 129 Å². The Morgan fingerprint density at radius 3 is 1.22 bits per heavy atom. The first-order valence-corrected chi connectivity index (χ1v) is 17.3. The van der Waals surface area contributed by atoms with E-state index in [1.165, 1.54) is 11.1 Å². The molecule has 1 heterocycles. The monoisotopic (exact) mass is 724 g/mol. The second kappa shape index (κ2) is 13.7. The highest BCUT2D eigenvalue weighted by molar-refractivity contribution is 9.08. The molecular formula is C40H30Br2N4. The number of hydrogen-bond acceptors (Lipinski definition) is 2. The lowest BCUT2D eigenvalue weighted by molar-refractivity contribution is 1.35. The van der Waals surface area contributed by atoms with Gasteiger partial charge < -0.3 is 9.97 Å². The normalized spacial score (nSPS) is 11.0. The Bertz CT molecular complexity index is 2060. The number of nitrogens with zero attached hydrogens (tertiary/aromatic N) is 2. The summed E-state index contributed by atoms with van der Waals surface area (Å²) in [5, 5.41) is 5.93. The minimum atomic E-state index is 0.808. The minimum Gasteiger partial charge on any atom is -0.360 e. The molecule has 0 spiro atoms. The lowest BCUT2D eigenvalue weighted by Gasteiger charge is -2.05. The lowest BCUT2D eigenvalue weighted by Crippen LogP contribution is -1.85. The molecule has 6 heteroatoms. The molecule has 1 aromatic heterocycles. The average molecular weight is 727 g/mol. The van der Waals surface area contributed by atoms with Crippen molar-refractivity contribution >= 4 is 75.5 Å². The summed E-state index contributed by atoms with van der Waals surface area (Å²) in [5.41, 5.74) is 10.2. The largest absolute Gasteiger partial charge is 0.360 e. The first-order chi connectivity index (χ1) is 22.7. The second-order valence-electron chi connectivity index (χ2n) is 11.0. The smallest absolute Gasteiger partial charge is 0.0729 e. The zero-order valence-corrected chi connectivity index (χ0v) is 28.1. The van der Waals surface area contributed by atoms with E-state index >= 15 is 0 Å². The van der Waals surface area contributed by atoms with Crippen LogP contribution >= 0.6 is 31.9 Å². The van der Waals surface area contributed by atoms with Crippen LogP contribution in [0.15, 0.2) is 146 Å². The van der Waals surface area contributed by atoms with Gasteiger partial charge in [-0.3, -0.25) is 9.97 Å². The molecule has 0 fully saturated rings. The van der Waals surface area contributed by atoms with Crippen LogP contribution in [0.2, 0.25) is 0 Å². The predicted molar refractivity (Wildman–Crippen MR) is 201 cm³/mol. The maximum atomic E-state index is 5.09. The molecule has 0 radical (unpaired) electrons. The number of benzene rings is 6. The average Bonchev–Trinajstić information content (AvgIpc) is 3.11. The third kappa shape index (κ3) is 6.32. The van der Waals surface area contributed by atoms with Gasteiger partial charge in [-0.2, -0.15) is 0 Å². The molecule has 224 valence electrons. The van der Waals surface area contributed by atoms with E-state index in [-0.39, 0.29) is 0 Å². The number of aromatic amines is 2. The molecule has 7 aromatic rings. The van der Waals surface area contributed by atoms with Crippen LogP contribution in [0.1, 0.15) is 11.1 Å². The van der Waals surface area contributed by atoms with Crippen molar-refractivity contribution in [3.8, 4) is 22.3 Å². The fourth-order valence-corrected chi connectivity index (χ4v) is 6.40. The maximum absolute atomic E-state index is 5.09. The molecule has 6 aromatic carbocycles. The molecule has 0 amide bonds. The fourth-order valence-electron chi connectivity index (χ4n) is 5.65. The fraction of sp³-hybridized carbons (Fsp3) is 0.0500. The number of rotatable bonds is 4. The van der Waals surface area contributed by atoms with Crippen LogP contribution in [-0.4, -0.2) is 19.9 Å². The van der Waals surface area contributed by atoms with E-state index in [0.717, 1.165) is 76.5 Å². The van der Waals surface area contributed by atoms with Gasteiger partial charge >= 0.3 is 0 Å². The Balaban J connectivity index is 1.60. The van der Waals surface area contributed by atoms with Crippen molar-refractivity contribution in [3.63, 3.8) is 0 Å². The summed E-state index contributed by atoms with van der Waals surface area (Å²) in [6, 6.07) is 42.2. The Morgan fingerprint density at radius 2 is 0.826 bits per heavy atom. The lowest BCUT2D eigenvalue weighted by atomic mass is 10.1. The van der Waals surface area contributed by atoms with Crippen molar-refractivity contribution in [1.29, 1.82) is 0 Å².